The number of para-hydroxylation sites is 1. The monoisotopic (exact) mass is 706 g/mol. The van der Waals surface area contributed by atoms with Crippen molar-refractivity contribution in [2.45, 2.75) is 71.8 Å². The zero-order valence-corrected chi connectivity index (χ0v) is 32.7. The molecule has 0 aliphatic heterocycles. The second-order valence-corrected chi connectivity index (χ2v) is 15.7. The zero-order chi connectivity index (χ0) is 37.7. The van der Waals surface area contributed by atoms with Gasteiger partial charge in [-0.1, -0.05) is 137 Å². The van der Waals surface area contributed by atoms with Crippen molar-refractivity contribution in [2.24, 2.45) is 5.92 Å². The largest absolute Gasteiger partial charge is 0.334 e. The molecule has 0 aromatic heterocycles. The van der Waals surface area contributed by atoms with E-state index in [9.17, 15) is 0 Å². The van der Waals surface area contributed by atoms with Crippen molar-refractivity contribution in [3.63, 3.8) is 0 Å². The molecule has 0 N–H and O–H groups in total. The molecule has 2 atom stereocenters. The molecule has 0 saturated heterocycles. The van der Waals surface area contributed by atoms with Crippen LogP contribution < -0.4 is 9.80 Å². The van der Waals surface area contributed by atoms with E-state index in [4.69, 9.17) is 0 Å². The second kappa shape index (κ2) is 16.2. The molecule has 7 rings (SSSR count). The lowest BCUT2D eigenvalue weighted by Crippen LogP contribution is -2.30. The van der Waals surface area contributed by atoms with Crippen LogP contribution in [0.3, 0.4) is 0 Å². The molecular weight excluding hydrogens is 653 g/mol. The average Bonchev–Trinajstić information content (AvgIpc) is 3.20. The van der Waals surface area contributed by atoms with Gasteiger partial charge >= 0.3 is 0 Å². The van der Waals surface area contributed by atoms with Crippen molar-refractivity contribution in [2.75, 3.05) is 9.80 Å². The van der Waals surface area contributed by atoms with Crippen LogP contribution in [0.1, 0.15) is 69.2 Å². The molecule has 272 valence electrons. The lowest BCUT2D eigenvalue weighted by Gasteiger charge is -2.34. The first kappa shape index (κ1) is 36.7. The predicted octanol–water partition coefficient (Wildman–Crippen LogP) is 14.3. The fourth-order valence-corrected chi connectivity index (χ4v) is 7.52. The summed E-state index contributed by atoms with van der Waals surface area (Å²) >= 11 is 0. The fraction of sp³-hybridized carbons (Fsp3) is 0.231. The predicted molar refractivity (Wildman–Crippen MR) is 234 cm³/mol. The van der Waals surface area contributed by atoms with Gasteiger partial charge in [0.2, 0.25) is 0 Å². The van der Waals surface area contributed by atoms with Crippen LogP contribution in [0, 0.1) is 12.8 Å². The van der Waals surface area contributed by atoms with Gasteiger partial charge in [-0.25, -0.2) is 0 Å². The molecule has 0 spiro atoms. The fourth-order valence-electron chi connectivity index (χ4n) is 7.52. The minimum Gasteiger partial charge on any atom is -0.334 e. The SMILES string of the molecule is C=C(C1=CCC(C)C=C1)c1ccc(CC2=CCC(N(c3ccccc3)c3ccc(N(c4ccc(C(C)(C)CC)cc4)c4cccc(C)c4)cc3)C=C2)cc1. The van der Waals surface area contributed by atoms with E-state index in [1.54, 1.807) is 0 Å². The van der Waals surface area contributed by atoms with E-state index in [0.717, 1.165) is 48.3 Å². The molecule has 2 aliphatic rings. The Morgan fingerprint density at radius 2 is 1.33 bits per heavy atom. The third-order valence-electron chi connectivity index (χ3n) is 11.3. The molecule has 2 unspecified atom stereocenters. The van der Waals surface area contributed by atoms with Crippen LogP contribution in [-0.2, 0) is 11.8 Å². The lowest BCUT2D eigenvalue weighted by atomic mass is 9.82. The summed E-state index contributed by atoms with van der Waals surface area (Å²) in [5.74, 6) is 0.605. The number of aryl methyl sites for hydroxylation is 1. The highest BCUT2D eigenvalue weighted by Gasteiger charge is 2.22. The van der Waals surface area contributed by atoms with Crippen LogP contribution >= 0.6 is 0 Å². The molecule has 5 aromatic rings. The van der Waals surface area contributed by atoms with E-state index in [2.05, 4.69) is 215 Å². The Labute approximate surface area is 324 Å². The third-order valence-corrected chi connectivity index (χ3v) is 11.3. The average molecular weight is 707 g/mol. The number of benzene rings is 5. The van der Waals surface area contributed by atoms with Crippen LogP contribution in [-0.4, -0.2) is 6.04 Å². The summed E-state index contributed by atoms with van der Waals surface area (Å²) in [6.45, 7) is 15.7. The first-order valence-electron chi connectivity index (χ1n) is 19.6. The van der Waals surface area contributed by atoms with E-state index in [0.29, 0.717) is 5.92 Å². The molecule has 2 aliphatic carbocycles. The summed E-state index contributed by atoms with van der Waals surface area (Å²) in [4.78, 5) is 4.84. The van der Waals surface area contributed by atoms with E-state index in [1.807, 2.05) is 0 Å². The molecule has 0 radical (unpaired) electrons. The van der Waals surface area contributed by atoms with Gasteiger partial charge in [0.05, 0.1) is 6.04 Å². The summed E-state index contributed by atoms with van der Waals surface area (Å²) in [5, 5.41) is 0. The molecule has 5 aromatic carbocycles. The Morgan fingerprint density at radius 3 is 1.94 bits per heavy atom. The topological polar surface area (TPSA) is 6.48 Å². The van der Waals surface area contributed by atoms with Gasteiger partial charge in [0.25, 0.3) is 0 Å². The van der Waals surface area contributed by atoms with Gasteiger partial charge in [-0.05, 0) is 144 Å². The van der Waals surface area contributed by atoms with Gasteiger partial charge in [-0.15, -0.1) is 0 Å². The van der Waals surface area contributed by atoms with Gasteiger partial charge in [0, 0.05) is 28.4 Å². The van der Waals surface area contributed by atoms with Crippen molar-refractivity contribution >= 4 is 34.0 Å². The number of hydrogen-bond acceptors (Lipinski definition) is 2. The number of allylic oxidation sites excluding steroid dienone is 7. The van der Waals surface area contributed by atoms with Gasteiger partial charge in [0.15, 0.2) is 0 Å². The van der Waals surface area contributed by atoms with E-state index in [-0.39, 0.29) is 11.5 Å². The Kier molecular flexibility index (Phi) is 11.0. The molecule has 0 bridgehead atoms. The van der Waals surface area contributed by atoms with E-state index >= 15 is 0 Å². The highest BCUT2D eigenvalue weighted by Crippen LogP contribution is 2.39. The van der Waals surface area contributed by atoms with E-state index < -0.39 is 0 Å². The maximum Gasteiger partial charge on any atom is 0.0560 e. The van der Waals surface area contributed by atoms with Crippen molar-refractivity contribution in [1.29, 1.82) is 0 Å². The Balaban J connectivity index is 1.11. The lowest BCUT2D eigenvalue weighted by molar-refractivity contribution is 0.506. The van der Waals surface area contributed by atoms with E-state index in [1.165, 1.54) is 44.8 Å². The maximum absolute atomic E-state index is 4.40. The number of anilines is 5. The summed E-state index contributed by atoms with van der Waals surface area (Å²) in [7, 11) is 0. The normalized spacial score (nSPS) is 16.8. The van der Waals surface area contributed by atoms with Crippen LogP contribution in [0.2, 0.25) is 0 Å². The van der Waals surface area contributed by atoms with Gasteiger partial charge in [0.1, 0.15) is 0 Å². The first-order chi connectivity index (χ1) is 26.2. The quantitative estimate of drug-likeness (QED) is 0.127. The molecule has 0 heterocycles. The molecule has 2 nitrogen and oxygen atoms in total. The Bertz CT molecular complexity index is 2180. The van der Waals surface area contributed by atoms with Gasteiger partial charge in [-0.3, -0.25) is 0 Å². The highest BCUT2D eigenvalue weighted by atomic mass is 15.2. The molecule has 0 saturated carbocycles. The first-order valence-corrected chi connectivity index (χ1v) is 19.6. The van der Waals surface area contributed by atoms with Crippen molar-refractivity contribution in [3.8, 4) is 0 Å². The second-order valence-electron chi connectivity index (χ2n) is 15.7. The number of rotatable bonds is 12. The summed E-state index contributed by atoms with van der Waals surface area (Å²) in [6, 6.07) is 47.0. The standard InChI is InChI=1S/C52H54N2/c1-7-52(5,6)45-26-30-48(31-27-45)54(51-15-11-12-39(3)36-51)50-34-32-49(33-35-50)53(46-13-9-8-10-14-46)47-28-20-42(21-29-47)37-41-18-24-44(25-19-41)40(4)43-22-16-38(2)17-23-43/h8-16,18-28,30-36,38,47H,4,7,17,29,37H2,1-3,5-6H3. The highest BCUT2D eigenvalue weighted by molar-refractivity contribution is 5.81. The van der Waals surface area contributed by atoms with Crippen LogP contribution in [0.4, 0.5) is 28.4 Å². The molecular formula is C52H54N2. The number of hydrogen-bond donors (Lipinski definition) is 0. The van der Waals surface area contributed by atoms with Crippen molar-refractivity contribution in [3.05, 3.63) is 204 Å². The minimum atomic E-state index is 0.143. The van der Waals surface area contributed by atoms with Crippen molar-refractivity contribution < 1.29 is 0 Å². The smallest absolute Gasteiger partial charge is 0.0560 e. The van der Waals surface area contributed by atoms with Gasteiger partial charge < -0.3 is 9.80 Å². The van der Waals surface area contributed by atoms with Crippen LogP contribution in [0.5, 0.6) is 0 Å². The third kappa shape index (κ3) is 8.29. The molecule has 0 amide bonds. The van der Waals surface area contributed by atoms with Crippen LogP contribution in [0.25, 0.3) is 5.57 Å². The maximum atomic E-state index is 4.40. The molecule has 2 heteroatoms. The number of nitrogens with zero attached hydrogens (tertiary/aromatic N) is 2. The van der Waals surface area contributed by atoms with Gasteiger partial charge in [-0.2, -0.15) is 0 Å². The zero-order valence-electron chi connectivity index (χ0n) is 32.7. The molecule has 54 heavy (non-hydrogen) atoms. The Morgan fingerprint density at radius 1 is 0.685 bits per heavy atom. The summed E-state index contributed by atoms with van der Waals surface area (Å²) in [6.07, 6.45) is 18.0. The summed E-state index contributed by atoms with van der Waals surface area (Å²) < 4.78 is 0. The molecule has 0 fully saturated rings. The Hall–Kier alpha value is -5.60. The minimum absolute atomic E-state index is 0.143. The summed E-state index contributed by atoms with van der Waals surface area (Å²) in [5.41, 5.74) is 14.8. The van der Waals surface area contributed by atoms with Crippen molar-refractivity contribution in [1.82, 2.24) is 0 Å². The van der Waals surface area contributed by atoms with Crippen LogP contribution in [0.15, 0.2) is 182 Å².